The van der Waals surface area contributed by atoms with Crippen molar-refractivity contribution >= 4 is 23.4 Å². The monoisotopic (exact) mass is 395 g/mol. The number of halogens is 1. The molecular weight excluding hydrogens is 374 g/mol. The van der Waals surface area contributed by atoms with Gasteiger partial charge in [-0.3, -0.25) is 4.79 Å². The average molecular weight is 396 g/mol. The van der Waals surface area contributed by atoms with E-state index < -0.39 is 5.97 Å². The first-order chi connectivity index (χ1) is 13.5. The topological polar surface area (TPSA) is 48.3 Å². The molecule has 0 atom stereocenters. The molecule has 0 aliphatic heterocycles. The van der Waals surface area contributed by atoms with Crippen LogP contribution in [-0.4, -0.2) is 22.9 Å². The van der Waals surface area contributed by atoms with Gasteiger partial charge in [0.05, 0.1) is 5.56 Å². The molecule has 0 bridgehead atoms. The van der Waals surface area contributed by atoms with E-state index >= 15 is 0 Å². The third-order valence-corrected chi connectivity index (χ3v) is 5.01. The summed E-state index contributed by atoms with van der Waals surface area (Å²) in [6.45, 7) is 4.38. The van der Waals surface area contributed by atoms with Gasteiger partial charge in [0, 0.05) is 28.5 Å². The van der Waals surface area contributed by atoms with E-state index in [0.29, 0.717) is 11.1 Å². The second-order valence-electron chi connectivity index (χ2n) is 6.68. The highest BCUT2D eigenvalue weighted by Gasteiger charge is 2.17. The van der Waals surface area contributed by atoms with Gasteiger partial charge in [0.2, 0.25) is 5.78 Å². The summed E-state index contributed by atoms with van der Waals surface area (Å²) >= 11 is 5.93. The number of aromatic nitrogens is 1. The van der Waals surface area contributed by atoms with Crippen molar-refractivity contribution in [3.05, 3.63) is 93.8 Å². The van der Waals surface area contributed by atoms with Gasteiger partial charge in [-0.2, -0.15) is 0 Å². The van der Waals surface area contributed by atoms with E-state index in [1.807, 2.05) is 50.2 Å². The predicted molar refractivity (Wildman–Crippen MR) is 110 cm³/mol. The minimum Gasteiger partial charge on any atom is -0.454 e. The highest BCUT2D eigenvalue weighted by molar-refractivity contribution is 6.30. The minimum atomic E-state index is -0.495. The van der Waals surface area contributed by atoms with Gasteiger partial charge < -0.3 is 9.30 Å². The van der Waals surface area contributed by atoms with E-state index in [0.717, 1.165) is 29.4 Å². The molecule has 1 aromatic heterocycles. The number of benzene rings is 2. The van der Waals surface area contributed by atoms with Crippen LogP contribution in [0.15, 0.2) is 60.7 Å². The van der Waals surface area contributed by atoms with E-state index in [1.165, 1.54) is 5.56 Å². The maximum Gasteiger partial charge on any atom is 0.338 e. The molecule has 0 N–H and O–H groups in total. The molecule has 0 aliphatic rings. The Hall–Kier alpha value is -2.85. The van der Waals surface area contributed by atoms with Crippen molar-refractivity contribution < 1.29 is 14.3 Å². The predicted octanol–water partition coefficient (Wildman–Crippen LogP) is 5.04. The molecule has 28 heavy (non-hydrogen) atoms. The van der Waals surface area contributed by atoms with Gasteiger partial charge in [0.15, 0.2) is 6.61 Å². The summed E-state index contributed by atoms with van der Waals surface area (Å²) in [6.07, 6.45) is 0.837. The normalized spacial score (nSPS) is 10.7. The number of aryl methyl sites for hydroxylation is 2. The zero-order valence-corrected chi connectivity index (χ0v) is 16.7. The van der Waals surface area contributed by atoms with Gasteiger partial charge in [-0.15, -0.1) is 0 Å². The zero-order valence-electron chi connectivity index (χ0n) is 15.9. The number of esters is 1. The quantitative estimate of drug-likeness (QED) is 0.416. The molecule has 0 fully saturated rings. The summed E-state index contributed by atoms with van der Waals surface area (Å²) in [5.41, 5.74) is 4.09. The fourth-order valence-corrected chi connectivity index (χ4v) is 3.31. The molecule has 0 saturated carbocycles. The second-order valence-corrected chi connectivity index (χ2v) is 7.11. The van der Waals surface area contributed by atoms with Gasteiger partial charge in [-0.05, 0) is 56.2 Å². The van der Waals surface area contributed by atoms with E-state index in [4.69, 9.17) is 16.3 Å². The number of ether oxygens (including phenoxy) is 1. The molecule has 0 amide bonds. The van der Waals surface area contributed by atoms with Gasteiger partial charge in [0.1, 0.15) is 0 Å². The lowest BCUT2D eigenvalue weighted by atomic mass is 10.1. The largest absolute Gasteiger partial charge is 0.454 e. The van der Waals surface area contributed by atoms with Crippen LogP contribution in [0, 0.1) is 13.8 Å². The standard InChI is InChI=1S/C23H22ClNO3/c1-16-14-21(22(26)15-28-23(27)19-6-4-3-5-7-19)17(2)25(16)13-12-18-8-10-20(24)11-9-18/h3-11,14H,12-13,15H2,1-2H3. The second kappa shape index (κ2) is 8.89. The van der Waals surface area contributed by atoms with Gasteiger partial charge >= 0.3 is 5.97 Å². The summed E-state index contributed by atoms with van der Waals surface area (Å²) in [5, 5.41) is 0.718. The zero-order chi connectivity index (χ0) is 20.1. The highest BCUT2D eigenvalue weighted by Crippen LogP contribution is 2.18. The number of hydrogen-bond acceptors (Lipinski definition) is 3. The fraction of sp³-hybridized carbons (Fsp3) is 0.217. The molecule has 5 heteroatoms. The number of carbonyl (C=O) groups excluding carboxylic acids is 2. The molecule has 1 heterocycles. The first-order valence-corrected chi connectivity index (χ1v) is 9.50. The van der Waals surface area contributed by atoms with Crippen molar-refractivity contribution in [2.24, 2.45) is 0 Å². The Morgan fingerprint density at radius 2 is 1.68 bits per heavy atom. The smallest absolute Gasteiger partial charge is 0.338 e. The van der Waals surface area contributed by atoms with Crippen LogP contribution >= 0.6 is 11.6 Å². The maximum atomic E-state index is 12.6. The number of nitrogens with zero attached hydrogens (tertiary/aromatic N) is 1. The Morgan fingerprint density at radius 3 is 2.36 bits per heavy atom. The number of rotatable bonds is 7. The average Bonchev–Trinajstić information content (AvgIpc) is 3.00. The summed E-state index contributed by atoms with van der Waals surface area (Å²) in [7, 11) is 0. The van der Waals surface area contributed by atoms with Crippen molar-refractivity contribution in [3.63, 3.8) is 0 Å². The Morgan fingerprint density at radius 1 is 1.00 bits per heavy atom. The van der Waals surface area contributed by atoms with Crippen molar-refractivity contribution in [3.8, 4) is 0 Å². The number of carbonyl (C=O) groups is 2. The fourth-order valence-electron chi connectivity index (χ4n) is 3.19. The van der Waals surface area contributed by atoms with Crippen LogP contribution in [-0.2, 0) is 17.7 Å². The summed E-state index contributed by atoms with van der Waals surface area (Å²) in [4.78, 5) is 24.6. The Kier molecular flexibility index (Phi) is 6.32. The molecule has 3 aromatic rings. The first-order valence-electron chi connectivity index (χ1n) is 9.12. The summed E-state index contributed by atoms with van der Waals surface area (Å²) < 4.78 is 7.29. The molecule has 2 aromatic carbocycles. The lowest BCUT2D eigenvalue weighted by molar-refractivity contribution is 0.0474. The molecule has 0 unspecified atom stereocenters. The van der Waals surface area contributed by atoms with Crippen LogP contribution in [0.1, 0.15) is 37.7 Å². The Balaban J connectivity index is 1.64. The Labute approximate surface area is 169 Å². The van der Waals surface area contributed by atoms with Crippen molar-refractivity contribution in [2.75, 3.05) is 6.61 Å². The molecule has 3 rings (SSSR count). The molecule has 0 saturated heterocycles. The SMILES string of the molecule is Cc1cc(C(=O)COC(=O)c2ccccc2)c(C)n1CCc1ccc(Cl)cc1. The van der Waals surface area contributed by atoms with Crippen molar-refractivity contribution in [1.29, 1.82) is 0 Å². The van der Waals surface area contributed by atoms with Gasteiger partial charge in [0.25, 0.3) is 0 Å². The van der Waals surface area contributed by atoms with E-state index in [9.17, 15) is 9.59 Å². The highest BCUT2D eigenvalue weighted by atomic mass is 35.5. The van der Waals surface area contributed by atoms with Crippen molar-refractivity contribution in [1.82, 2.24) is 4.57 Å². The molecule has 0 spiro atoms. The third-order valence-electron chi connectivity index (χ3n) is 4.76. The first kappa shape index (κ1) is 19.9. The number of Topliss-reactive ketones (excluding diaryl/α,β-unsaturated/α-hetero) is 1. The lowest BCUT2D eigenvalue weighted by Crippen LogP contribution is -2.15. The summed E-state index contributed by atoms with van der Waals surface area (Å²) in [5.74, 6) is -0.694. The lowest BCUT2D eigenvalue weighted by Gasteiger charge is -2.10. The maximum absolute atomic E-state index is 12.6. The minimum absolute atomic E-state index is 0.199. The van der Waals surface area contributed by atoms with Crippen LogP contribution in [0.4, 0.5) is 0 Å². The van der Waals surface area contributed by atoms with Crippen LogP contribution in [0.5, 0.6) is 0 Å². The van der Waals surface area contributed by atoms with Gasteiger partial charge in [-0.25, -0.2) is 4.79 Å². The van der Waals surface area contributed by atoms with Gasteiger partial charge in [-0.1, -0.05) is 41.9 Å². The van der Waals surface area contributed by atoms with Crippen LogP contribution in [0.2, 0.25) is 5.02 Å². The molecule has 4 nitrogen and oxygen atoms in total. The van der Waals surface area contributed by atoms with Crippen molar-refractivity contribution in [2.45, 2.75) is 26.8 Å². The third kappa shape index (κ3) is 4.70. The molecule has 144 valence electrons. The van der Waals surface area contributed by atoms with Crippen LogP contribution in [0.25, 0.3) is 0 Å². The molecular formula is C23H22ClNO3. The van der Waals surface area contributed by atoms with E-state index in [2.05, 4.69) is 4.57 Å². The Bertz CT molecular complexity index is 975. The van der Waals surface area contributed by atoms with E-state index in [-0.39, 0.29) is 12.4 Å². The molecule has 0 radical (unpaired) electrons. The number of ketones is 1. The molecule has 0 aliphatic carbocycles. The summed E-state index contributed by atoms with van der Waals surface area (Å²) in [6, 6.07) is 18.3. The number of hydrogen-bond donors (Lipinski definition) is 0. The van der Waals surface area contributed by atoms with Crippen LogP contribution < -0.4 is 0 Å². The van der Waals surface area contributed by atoms with Crippen LogP contribution in [0.3, 0.4) is 0 Å². The van der Waals surface area contributed by atoms with E-state index in [1.54, 1.807) is 24.3 Å².